The van der Waals surface area contributed by atoms with Crippen molar-refractivity contribution in [3.63, 3.8) is 0 Å². The second-order valence-electron chi connectivity index (χ2n) is 4.18. The summed E-state index contributed by atoms with van der Waals surface area (Å²) >= 11 is 2.25. The molecule has 1 aromatic carbocycles. The van der Waals surface area contributed by atoms with Gasteiger partial charge in [0.1, 0.15) is 11.6 Å². The molecule has 0 radical (unpaired) electrons. The second kappa shape index (κ2) is 6.13. The van der Waals surface area contributed by atoms with Crippen molar-refractivity contribution in [1.82, 2.24) is 9.97 Å². The Kier molecular flexibility index (Phi) is 4.52. The molecule has 0 saturated heterocycles. The number of hydrogen-bond acceptors (Lipinski definition) is 3. The smallest absolute Gasteiger partial charge is 0.143 e. The molecule has 1 N–H and O–H groups in total. The van der Waals surface area contributed by atoms with Crippen LogP contribution in [-0.2, 0) is 6.42 Å². The van der Waals surface area contributed by atoms with Crippen molar-refractivity contribution in [1.29, 1.82) is 0 Å². The van der Waals surface area contributed by atoms with Gasteiger partial charge in [-0.15, -0.1) is 0 Å². The minimum Gasteiger partial charge on any atom is -0.369 e. The Bertz CT molecular complexity index is 523. The van der Waals surface area contributed by atoms with E-state index in [0.29, 0.717) is 0 Å². The molecule has 0 saturated carbocycles. The van der Waals surface area contributed by atoms with E-state index in [9.17, 15) is 0 Å². The summed E-state index contributed by atoms with van der Waals surface area (Å²) in [6, 6.07) is 8.49. The highest BCUT2D eigenvalue weighted by Crippen LogP contribution is 2.15. The van der Waals surface area contributed by atoms with Gasteiger partial charge < -0.3 is 5.32 Å². The summed E-state index contributed by atoms with van der Waals surface area (Å²) in [5.74, 6) is 1.78. The minimum atomic E-state index is 0.773. The Morgan fingerprint density at radius 3 is 2.61 bits per heavy atom. The monoisotopic (exact) mass is 353 g/mol. The fourth-order valence-corrected chi connectivity index (χ4v) is 2.12. The Labute approximate surface area is 121 Å². The van der Waals surface area contributed by atoms with Gasteiger partial charge >= 0.3 is 0 Å². The van der Waals surface area contributed by atoms with E-state index in [1.54, 1.807) is 0 Å². The molecule has 0 bridgehead atoms. The minimum absolute atomic E-state index is 0.773. The largest absolute Gasteiger partial charge is 0.369 e. The number of nitrogens with one attached hydrogen (secondary N) is 1. The molecule has 0 aliphatic heterocycles. The number of rotatable bonds is 4. The van der Waals surface area contributed by atoms with Crippen molar-refractivity contribution in [3.8, 4) is 0 Å². The van der Waals surface area contributed by atoms with Crippen molar-refractivity contribution in [2.24, 2.45) is 0 Å². The summed E-state index contributed by atoms with van der Waals surface area (Å²) in [6.07, 6.45) is 2.64. The van der Waals surface area contributed by atoms with Gasteiger partial charge in [-0.2, -0.15) is 0 Å². The summed E-state index contributed by atoms with van der Waals surface area (Å²) in [6.45, 7) is 5.03. The molecule has 0 spiro atoms. The van der Waals surface area contributed by atoms with Crippen LogP contribution in [0.3, 0.4) is 0 Å². The number of benzene rings is 1. The summed E-state index contributed by atoms with van der Waals surface area (Å²) in [4.78, 5) is 8.93. The molecule has 18 heavy (non-hydrogen) atoms. The first-order valence-electron chi connectivity index (χ1n) is 6.00. The lowest BCUT2D eigenvalue weighted by Crippen LogP contribution is -2.06. The van der Waals surface area contributed by atoms with Gasteiger partial charge in [-0.05, 0) is 42.0 Å². The molecule has 0 amide bonds. The quantitative estimate of drug-likeness (QED) is 0.856. The van der Waals surface area contributed by atoms with Gasteiger partial charge in [0.2, 0.25) is 0 Å². The standard InChI is InChI=1S/C14H16IN3/c1-3-16-14-12(15)9-17-13(18-14)8-11-6-4-10(2)5-7-11/h4-7,9H,3,8H2,1-2H3,(H,16,17,18). The molecule has 94 valence electrons. The van der Waals surface area contributed by atoms with E-state index in [4.69, 9.17) is 0 Å². The first-order valence-corrected chi connectivity index (χ1v) is 7.07. The molecule has 2 rings (SSSR count). The maximum atomic E-state index is 4.55. The van der Waals surface area contributed by atoms with Gasteiger partial charge in [0.05, 0.1) is 3.57 Å². The van der Waals surface area contributed by atoms with E-state index >= 15 is 0 Å². The molecule has 0 aliphatic carbocycles. The second-order valence-corrected chi connectivity index (χ2v) is 5.34. The van der Waals surface area contributed by atoms with Crippen molar-refractivity contribution in [3.05, 3.63) is 51.0 Å². The Morgan fingerprint density at radius 2 is 1.94 bits per heavy atom. The number of nitrogens with zero attached hydrogens (tertiary/aromatic N) is 2. The molecule has 1 heterocycles. The number of aromatic nitrogens is 2. The van der Waals surface area contributed by atoms with E-state index in [-0.39, 0.29) is 0 Å². The molecular weight excluding hydrogens is 337 g/mol. The molecule has 0 fully saturated rings. The highest BCUT2D eigenvalue weighted by molar-refractivity contribution is 14.1. The van der Waals surface area contributed by atoms with Gasteiger partial charge in [0, 0.05) is 19.2 Å². The van der Waals surface area contributed by atoms with Crippen LogP contribution in [0.1, 0.15) is 23.9 Å². The van der Waals surface area contributed by atoms with Gasteiger partial charge in [0.25, 0.3) is 0 Å². The lowest BCUT2D eigenvalue weighted by Gasteiger charge is -2.07. The predicted octanol–water partition coefficient (Wildman–Crippen LogP) is 3.41. The van der Waals surface area contributed by atoms with Gasteiger partial charge in [-0.25, -0.2) is 9.97 Å². The fraction of sp³-hybridized carbons (Fsp3) is 0.286. The number of hydrogen-bond donors (Lipinski definition) is 1. The van der Waals surface area contributed by atoms with E-state index in [1.807, 2.05) is 6.20 Å². The van der Waals surface area contributed by atoms with Crippen LogP contribution < -0.4 is 5.32 Å². The first-order chi connectivity index (χ1) is 8.69. The Balaban J connectivity index is 2.18. The van der Waals surface area contributed by atoms with E-state index < -0.39 is 0 Å². The summed E-state index contributed by atoms with van der Waals surface area (Å²) in [7, 11) is 0. The summed E-state index contributed by atoms with van der Waals surface area (Å²) in [5, 5.41) is 3.25. The predicted molar refractivity (Wildman–Crippen MR) is 82.9 cm³/mol. The van der Waals surface area contributed by atoms with Gasteiger partial charge in [-0.1, -0.05) is 29.8 Å². The SMILES string of the molecule is CCNc1nc(Cc2ccc(C)cc2)ncc1I. The highest BCUT2D eigenvalue weighted by atomic mass is 127. The van der Waals surface area contributed by atoms with E-state index in [2.05, 4.69) is 76.0 Å². The maximum Gasteiger partial charge on any atom is 0.143 e. The van der Waals surface area contributed by atoms with Crippen LogP contribution >= 0.6 is 22.6 Å². The highest BCUT2D eigenvalue weighted by Gasteiger charge is 2.04. The topological polar surface area (TPSA) is 37.8 Å². The third-order valence-electron chi connectivity index (χ3n) is 2.62. The van der Waals surface area contributed by atoms with Crippen LogP contribution in [-0.4, -0.2) is 16.5 Å². The molecule has 3 nitrogen and oxygen atoms in total. The van der Waals surface area contributed by atoms with Crippen LogP contribution in [0.4, 0.5) is 5.82 Å². The molecule has 0 atom stereocenters. The van der Waals surface area contributed by atoms with Crippen LogP contribution in [0.15, 0.2) is 30.5 Å². The molecular formula is C14H16IN3. The third kappa shape index (κ3) is 3.41. The van der Waals surface area contributed by atoms with Crippen LogP contribution in [0.5, 0.6) is 0 Å². The molecule has 0 aliphatic rings. The fourth-order valence-electron chi connectivity index (χ4n) is 1.67. The normalized spacial score (nSPS) is 10.4. The van der Waals surface area contributed by atoms with E-state index in [0.717, 1.165) is 28.2 Å². The number of halogens is 1. The number of anilines is 1. The average molecular weight is 353 g/mol. The summed E-state index contributed by atoms with van der Waals surface area (Å²) in [5.41, 5.74) is 2.51. The Hall–Kier alpha value is -1.17. The maximum absolute atomic E-state index is 4.55. The van der Waals surface area contributed by atoms with E-state index in [1.165, 1.54) is 11.1 Å². The zero-order valence-electron chi connectivity index (χ0n) is 10.6. The van der Waals surface area contributed by atoms with Crippen molar-refractivity contribution < 1.29 is 0 Å². The van der Waals surface area contributed by atoms with Gasteiger partial charge in [-0.3, -0.25) is 0 Å². The molecule has 1 aromatic heterocycles. The molecule has 0 unspecified atom stereocenters. The lowest BCUT2D eigenvalue weighted by molar-refractivity contribution is 0.955. The van der Waals surface area contributed by atoms with Crippen molar-refractivity contribution in [2.45, 2.75) is 20.3 Å². The van der Waals surface area contributed by atoms with Crippen molar-refractivity contribution >= 4 is 28.4 Å². The lowest BCUT2D eigenvalue weighted by atomic mass is 10.1. The Morgan fingerprint density at radius 1 is 1.22 bits per heavy atom. The van der Waals surface area contributed by atoms with Gasteiger partial charge in [0.15, 0.2) is 0 Å². The molecule has 2 aromatic rings. The average Bonchev–Trinajstić information content (AvgIpc) is 2.37. The third-order valence-corrected chi connectivity index (χ3v) is 3.41. The van der Waals surface area contributed by atoms with Crippen LogP contribution in [0.2, 0.25) is 0 Å². The first kappa shape index (κ1) is 13.3. The number of aryl methyl sites for hydroxylation is 1. The molecule has 4 heteroatoms. The summed E-state index contributed by atoms with van der Waals surface area (Å²) < 4.78 is 1.06. The van der Waals surface area contributed by atoms with Crippen LogP contribution in [0.25, 0.3) is 0 Å². The van der Waals surface area contributed by atoms with Crippen molar-refractivity contribution in [2.75, 3.05) is 11.9 Å². The van der Waals surface area contributed by atoms with Crippen LogP contribution in [0, 0.1) is 10.5 Å². The zero-order valence-corrected chi connectivity index (χ0v) is 12.7. The zero-order chi connectivity index (χ0) is 13.0.